The fourth-order valence-corrected chi connectivity index (χ4v) is 5.11. The number of aromatic amines is 1. The van der Waals surface area contributed by atoms with E-state index < -0.39 is 0 Å². The highest BCUT2D eigenvalue weighted by molar-refractivity contribution is 7.22. The zero-order valence-corrected chi connectivity index (χ0v) is 18.0. The van der Waals surface area contributed by atoms with Crippen molar-refractivity contribution in [3.05, 3.63) is 63.8 Å². The summed E-state index contributed by atoms with van der Waals surface area (Å²) in [4.78, 5) is 18.4. The second-order valence-corrected chi connectivity index (χ2v) is 8.43. The van der Waals surface area contributed by atoms with Gasteiger partial charge in [-0.15, -0.1) is 11.3 Å². The third-order valence-electron chi connectivity index (χ3n) is 5.46. The minimum Gasteiger partial charge on any atom is -0.267 e. The van der Waals surface area contributed by atoms with E-state index in [0.717, 1.165) is 48.6 Å². The van der Waals surface area contributed by atoms with Crippen LogP contribution in [0.3, 0.4) is 0 Å². The summed E-state index contributed by atoms with van der Waals surface area (Å²) < 4.78 is 1.79. The number of thiophene rings is 1. The summed E-state index contributed by atoms with van der Waals surface area (Å²) >= 11 is 1.49. The number of nitriles is 1. The lowest BCUT2D eigenvalue weighted by atomic mass is 9.99. The third kappa shape index (κ3) is 2.94. The lowest BCUT2D eigenvalue weighted by Gasteiger charge is -2.08. The van der Waals surface area contributed by atoms with Gasteiger partial charge in [-0.3, -0.25) is 9.48 Å². The first kappa shape index (κ1) is 19.2. The van der Waals surface area contributed by atoms with Crippen LogP contribution in [0.15, 0.2) is 41.5 Å². The fraction of sp³-hybridized carbons (Fsp3) is 0.174. The van der Waals surface area contributed by atoms with Crippen molar-refractivity contribution >= 4 is 32.3 Å². The van der Waals surface area contributed by atoms with Gasteiger partial charge in [0.05, 0.1) is 33.4 Å². The van der Waals surface area contributed by atoms with Crippen molar-refractivity contribution in [1.29, 1.82) is 5.26 Å². The molecule has 0 atom stereocenters. The SMILES string of the molecule is CCc1n[nH]c(=O)c2ccc(-c3cnn(C)c3-c3sc4ncc(C)cc4c3C#N)cc12. The third-order valence-corrected chi connectivity index (χ3v) is 6.58. The van der Waals surface area contributed by atoms with Crippen LogP contribution in [0.25, 0.3) is 42.7 Å². The van der Waals surface area contributed by atoms with Gasteiger partial charge in [-0.2, -0.15) is 15.5 Å². The molecular formula is C23H18N6OS. The molecule has 8 heteroatoms. The first-order chi connectivity index (χ1) is 15.0. The van der Waals surface area contributed by atoms with Gasteiger partial charge in [-0.05, 0) is 42.7 Å². The van der Waals surface area contributed by atoms with E-state index >= 15 is 0 Å². The zero-order valence-electron chi connectivity index (χ0n) is 17.2. The van der Waals surface area contributed by atoms with Crippen LogP contribution in [-0.2, 0) is 13.5 Å². The molecule has 0 spiro atoms. The van der Waals surface area contributed by atoms with Crippen LogP contribution in [0.5, 0.6) is 0 Å². The minimum atomic E-state index is -0.206. The van der Waals surface area contributed by atoms with E-state index in [9.17, 15) is 10.1 Å². The molecule has 0 saturated carbocycles. The molecule has 0 radical (unpaired) electrons. The van der Waals surface area contributed by atoms with E-state index in [0.29, 0.717) is 17.4 Å². The number of nitrogens with zero attached hydrogens (tertiary/aromatic N) is 5. The number of H-pyrrole nitrogens is 1. The summed E-state index contributed by atoms with van der Waals surface area (Å²) in [6.45, 7) is 3.98. The molecule has 0 unspecified atom stereocenters. The molecule has 1 N–H and O–H groups in total. The molecule has 5 aromatic rings. The first-order valence-electron chi connectivity index (χ1n) is 9.85. The molecule has 7 nitrogen and oxygen atoms in total. The zero-order chi connectivity index (χ0) is 21.7. The first-order valence-corrected chi connectivity index (χ1v) is 10.7. The maximum Gasteiger partial charge on any atom is 0.272 e. The van der Waals surface area contributed by atoms with Crippen LogP contribution in [0.4, 0.5) is 0 Å². The van der Waals surface area contributed by atoms with Crippen LogP contribution >= 0.6 is 11.3 Å². The molecule has 1 aromatic carbocycles. The van der Waals surface area contributed by atoms with Gasteiger partial charge in [0.15, 0.2) is 0 Å². The van der Waals surface area contributed by atoms with Crippen LogP contribution in [0.2, 0.25) is 0 Å². The van der Waals surface area contributed by atoms with Crippen LogP contribution in [0.1, 0.15) is 23.7 Å². The number of hydrogen-bond acceptors (Lipinski definition) is 6. The molecule has 0 fully saturated rings. The number of nitrogens with one attached hydrogen (secondary N) is 1. The largest absolute Gasteiger partial charge is 0.272 e. The molecule has 4 aromatic heterocycles. The van der Waals surface area contributed by atoms with Crippen molar-refractivity contribution in [2.75, 3.05) is 0 Å². The van der Waals surface area contributed by atoms with Crippen LogP contribution < -0.4 is 5.56 Å². The number of pyridine rings is 1. The van der Waals surface area contributed by atoms with Crippen molar-refractivity contribution < 1.29 is 0 Å². The predicted octanol–water partition coefficient (Wildman–Crippen LogP) is 4.34. The fourth-order valence-electron chi connectivity index (χ4n) is 3.94. The number of hydrogen-bond donors (Lipinski definition) is 1. The van der Waals surface area contributed by atoms with Gasteiger partial charge < -0.3 is 0 Å². The average Bonchev–Trinajstić information content (AvgIpc) is 3.33. The summed E-state index contributed by atoms with van der Waals surface area (Å²) in [6.07, 6.45) is 4.32. The summed E-state index contributed by atoms with van der Waals surface area (Å²) in [5, 5.41) is 23.5. The van der Waals surface area contributed by atoms with Gasteiger partial charge in [0.2, 0.25) is 0 Å². The molecule has 0 aliphatic carbocycles. The lowest BCUT2D eigenvalue weighted by molar-refractivity contribution is 0.777. The summed E-state index contributed by atoms with van der Waals surface area (Å²) in [5.74, 6) is 0. The van der Waals surface area contributed by atoms with Crippen LogP contribution in [0, 0.1) is 18.3 Å². The monoisotopic (exact) mass is 426 g/mol. The second kappa shape index (κ2) is 7.15. The van der Waals surface area contributed by atoms with Crippen molar-refractivity contribution in [2.24, 2.45) is 7.05 Å². The highest BCUT2D eigenvalue weighted by Gasteiger charge is 2.22. The van der Waals surface area contributed by atoms with Gasteiger partial charge >= 0.3 is 0 Å². The second-order valence-electron chi connectivity index (χ2n) is 7.43. The Kier molecular flexibility index (Phi) is 4.41. The van der Waals surface area contributed by atoms with E-state index in [4.69, 9.17) is 0 Å². The van der Waals surface area contributed by atoms with Gasteiger partial charge in [0.25, 0.3) is 5.56 Å². The van der Waals surface area contributed by atoms with E-state index in [1.807, 2.05) is 51.4 Å². The van der Waals surface area contributed by atoms with Crippen LogP contribution in [-0.4, -0.2) is 25.0 Å². The smallest absolute Gasteiger partial charge is 0.267 e. The Bertz CT molecular complexity index is 1580. The Labute approximate surface area is 181 Å². The van der Waals surface area contributed by atoms with Gasteiger partial charge in [0.1, 0.15) is 10.9 Å². The number of rotatable bonds is 3. The Morgan fingerprint density at radius 2 is 2.03 bits per heavy atom. The molecule has 0 aliphatic heterocycles. The number of aryl methyl sites for hydroxylation is 3. The molecule has 31 heavy (non-hydrogen) atoms. The van der Waals surface area contributed by atoms with Gasteiger partial charge in [-0.25, -0.2) is 10.1 Å². The Morgan fingerprint density at radius 3 is 2.81 bits per heavy atom. The molecule has 0 aliphatic rings. The molecule has 4 heterocycles. The Hall–Kier alpha value is -3.83. The van der Waals surface area contributed by atoms with E-state index in [1.165, 1.54) is 11.3 Å². The Morgan fingerprint density at radius 1 is 1.19 bits per heavy atom. The molecule has 0 bridgehead atoms. The predicted molar refractivity (Wildman–Crippen MR) is 122 cm³/mol. The quantitative estimate of drug-likeness (QED) is 0.462. The van der Waals surface area contributed by atoms with E-state index in [1.54, 1.807) is 10.9 Å². The van der Waals surface area contributed by atoms with E-state index in [2.05, 4.69) is 26.3 Å². The standard InChI is InChI=1S/C23H18N6OS/c1-4-19-15-8-13(5-6-14(15)22(30)28-27-19)18-11-26-29(3)20(18)21-17(9-24)16-7-12(2)10-25-23(16)31-21/h5-8,10-11H,4H2,1-3H3,(H,28,30). The van der Waals surface area contributed by atoms with Crippen molar-refractivity contribution in [2.45, 2.75) is 20.3 Å². The van der Waals surface area contributed by atoms with Gasteiger partial charge in [-0.1, -0.05) is 13.0 Å². The molecule has 0 saturated heterocycles. The van der Waals surface area contributed by atoms with Crippen molar-refractivity contribution in [3.63, 3.8) is 0 Å². The highest BCUT2D eigenvalue weighted by Crippen LogP contribution is 2.42. The molecule has 0 amide bonds. The van der Waals surface area contributed by atoms with Crippen molar-refractivity contribution in [1.82, 2.24) is 25.0 Å². The minimum absolute atomic E-state index is 0.206. The van der Waals surface area contributed by atoms with E-state index in [-0.39, 0.29) is 5.56 Å². The summed E-state index contributed by atoms with van der Waals surface area (Å²) in [6, 6.07) is 10.1. The maximum atomic E-state index is 12.2. The number of aromatic nitrogens is 5. The van der Waals surface area contributed by atoms with Gasteiger partial charge in [0, 0.05) is 29.6 Å². The lowest BCUT2D eigenvalue weighted by Crippen LogP contribution is -2.10. The molecule has 5 rings (SSSR count). The van der Waals surface area contributed by atoms with Crippen molar-refractivity contribution in [3.8, 4) is 27.8 Å². The maximum absolute atomic E-state index is 12.2. The highest BCUT2D eigenvalue weighted by atomic mass is 32.1. The summed E-state index contributed by atoms with van der Waals surface area (Å²) in [7, 11) is 1.87. The molecular weight excluding hydrogens is 408 g/mol. The molecule has 152 valence electrons. The number of benzene rings is 1. The Balaban J connectivity index is 1.79. The summed E-state index contributed by atoms with van der Waals surface area (Å²) in [5.41, 5.74) is 4.92. The average molecular weight is 427 g/mol. The normalized spacial score (nSPS) is 11.3. The topological polar surface area (TPSA) is 100 Å². The number of fused-ring (bicyclic) bond motifs is 2.